The molecule has 0 bridgehead atoms. The second kappa shape index (κ2) is 47.8. The number of hydrogen-bond donors (Lipinski definition) is 0. The van der Waals surface area contributed by atoms with Gasteiger partial charge in [-0.05, 0) is 189 Å². The average Bonchev–Trinajstić information content (AvgIpc) is 0.902. The van der Waals surface area contributed by atoms with Crippen LogP contribution in [0.1, 0.15) is 175 Å². The Hall–Kier alpha value is -10.1. The van der Waals surface area contributed by atoms with Gasteiger partial charge in [0.25, 0.3) is 0 Å². The van der Waals surface area contributed by atoms with Gasteiger partial charge in [-0.15, -0.1) is 0 Å². The fourth-order valence-electron chi connectivity index (χ4n) is 9.44. The molecule has 98 heavy (non-hydrogen) atoms. The highest BCUT2D eigenvalue weighted by Crippen LogP contribution is 2.23. The smallest absolute Gasteiger partial charge is 0.116 e. The Morgan fingerprint density at radius 3 is 1.09 bits per heavy atom. The molecule has 0 atom stereocenters. The Labute approximate surface area is 587 Å². The maximum absolute atomic E-state index is 4.30. The van der Waals surface area contributed by atoms with Crippen molar-refractivity contribution in [1.29, 1.82) is 0 Å². The Morgan fingerprint density at radius 1 is 0.173 bits per heavy atom. The molecule has 11 aromatic heterocycles. The lowest BCUT2D eigenvalue weighted by atomic mass is 10.1. The van der Waals surface area contributed by atoms with Gasteiger partial charge in [0.1, 0.15) is 12.7 Å². The molecule has 3 aromatic carbocycles. The number of fused-ring (bicyclic) bond motifs is 7. The Morgan fingerprint density at radius 2 is 0.561 bits per heavy atom. The molecule has 0 amide bonds. The largest absolute Gasteiger partial charge is 0.264 e. The lowest BCUT2D eigenvalue weighted by molar-refractivity contribution is 1.14. The quantitative estimate of drug-likeness (QED) is 0.140. The molecule has 0 fully saturated rings. The van der Waals surface area contributed by atoms with Crippen molar-refractivity contribution in [2.75, 3.05) is 0 Å². The van der Waals surface area contributed by atoms with Crippen LogP contribution in [0.25, 0.3) is 76.2 Å². The Balaban J connectivity index is 0.000000554. The van der Waals surface area contributed by atoms with Gasteiger partial charge < -0.3 is 0 Å². The summed E-state index contributed by atoms with van der Waals surface area (Å²) in [5.41, 5.74) is 22.2. The van der Waals surface area contributed by atoms with Gasteiger partial charge in [0.15, 0.2) is 0 Å². The summed E-state index contributed by atoms with van der Waals surface area (Å²) in [7, 11) is 0. The van der Waals surface area contributed by atoms with Crippen molar-refractivity contribution >= 4 is 76.2 Å². The first-order valence-electron chi connectivity index (χ1n) is 34.7. The fourth-order valence-corrected chi connectivity index (χ4v) is 9.44. The summed E-state index contributed by atoms with van der Waals surface area (Å²) >= 11 is 0. The van der Waals surface area contributed by atoms with Crippen LogP contribution in [-0.2, 0) is 0 Å². The van der Waals surface area contributed by atoms with Crippen LogP contribution in [-0.4, -0.2) is 69.8 Å². The SMILES string of the molecule is CC.CC.CC.CC.CC.CC.CC.Cc1ccc(C)c2nccnc12.Cc1ccc(C)c2ncncc12.Cc1ccnc2c(C)nccc12.Cc1cnc(C)c2ccncc12.Cc1cnc(C)c2cnccc12.Cc1ncc(C)c2ncccc12.Cc1ncnc2c(C)cccc12. The van der Waals surface area contributed by atoms with E-state index in [0.717, 1.165) is 88.7 Å². The zero-order chi connectivity index (χ0) is 73.9. The highest BCUT2D eigenvalue weighted by Gasteiger charge is 2.06. The first-order chi connectivity index (χ1) is 47.5. The van der Waals surface area contributed by atoms with E-state index >= 15 is 0 Å². The van der Waals surface area contributed by atoms with E-state index in [1.54, 1.807) is 31.2 Å². The van der Waals surface area contributed by atoms with Crippen molar-refractivity contribution in [3.8, 4) is 0 Å². The van der Waals surface area contributed by atoms with Crippen LogP contribution in [0.15, 0.2) is 172 Å². The predicted molar refractivity (Wildman–Crippen MR) is 423 cm³/mol. The second-order valence-corrected chi connectivity index (χ2v) is 20.6. The van der Waals surface area contributed by atoms with Crippen LogP contribution >= 0.6 is 0 Å². The molecule has 0 saturated carbocycles. The molecule has 518 valence electrons. The van der Waals surface area contributed by atoms with E-state index in [4.69, 9.17) is 0 Å². The summed E-state index contributed by atoms with van der Waals surface area (Å²) in [5, 5.41) is 9.45. The number of aryl methyl sites for hydroxylation is 14. The number of para-hydroxylation sites is 1. The number of pyridine rings is 8. The number of aromatic nitrogens is 14. The maximum Gasteiger partial charge on any atom is 0.116 e. The second-order valence-electron chi connectivity index (χ2n) is 20.6. The number of rotatable bonds is 0. The Kier molecular flexibility index (Phi) is 41.9. The molecule has 0 aliphatic heterocycles. The van der Waals surface area contributed by atoms with E-state index in [1.165, 1.54) is 66.1 Å². The predicted octanol–water partition coefficient (Wildman–Crippen LogP) is 22.9. The summed E-state index contributed by atoms with van der Waals surface area (Å²) in [5.74, 6) is 0. The van der Waals surface area contributed by atoms with E-state index in [9.17, 15) is 0 Å². The number of benzene rings is 3. The normalized spacial score (nSPS) is 9.43. The summed E-state index contributed by atoms with van der Waals surface area (Å²) in [6.45, 7) is 56.5. The highest BCUT2D eigenvalue weighted by molar-refractivity contribution is 5.88. The van der Waals surface area contributed by atoms with Crippen molar-refractivity contribution in [2.45, 2.75) is 194 Å². The molecule has 0 spiro atoms. The average molecular weight is 1320 g/mol. The van der Waals surface area contributed by atoms with Gasteiger partial charge in [0, 0.05) is 141 Å². The fraction of sp³-hybridized carbons (Fsp3) is 0.333. The summed E-state index contributed by atoms with van der Waals surface area (Å²) in [6.07, 6.45) is 27.0. The molecule has 0 unspecified atom stereocenters. The molecule has 11 heterocycles. The molecule has 0 radical (unpaired) electrons. The van der Waals surface area contributed by atoms with Gasteiger partial charge in [-0.3, -0.25) is 49.8 Å². The van der Waals surface area contributed by atoms with Gasteiger partial charge in [0.2, 0.25) is 0 Å². The van der Waals surface area contributed by atoms with Gasteiger partial charge in [-0.2, -0.15) is 0 Å². The van der Waals surface area contributed by atoms with Gasteiger partial charge >= 0.3 is 0 Å². The van der Waals surface area contributed by atoms with E-state index in [1.807, 2.05) is 237 Å². The number of hydrogen-bond acceptors (Lipinski definition) is 14. The van der Waals surface area contributed by atoms with E-state index in [2.05, 4.69) is 168 Å². The first kappa shape index (κ1) is 85.9. The van der Waals surface area contributed by atoms with E-state index < -0.39 is 0 Å². The van der Waals surface area contributed by atoms with E-state index in [0.29, 0.717) is 0 Å². The van der Waals surface area contributed by atoms with E-state index in [-0.39, 0.29) is 0 Å². The van der Waals surface area contributed by atoms with Crippen LogP contribution in [0.2, 0.25) is 0 Å². The Bertz CT molecular complexity index is 3620. The molecule has 0 saturated heterocycles. The van der Waals surface area contributed by atoms with Gasteiger partial charge in [-0.1, -0.05) is 139 Å². The molecule has 0 aliphatic rings. The summed E-state index contributed by atoms with van der Waals surface area (Å²) < 4.78 is 0. The minimum absolute atomic E-state index is 0.996. The zero-order valence-corrected chi connectivity index (χ0v) is 64.4. The first-order valence-corrected chi connectivity index (χ1v) is 34.7. The molecular weight excluding hydrogens is 1210 g/mol. The lowest BCUT2D eigenvalue weighted by Crippen LogP contribution is -1.88. The molecule has 0 N–H and O–H groups in total. The lowest BCUT2D eigenvalue weighted by Gasteiger charge is -2.02. The van der Waals surface area contributed by atoms with Crippen molar-refractivity contribution in [3.05, 3.63) is 251 Å². The molecule has 14 nitrogen and oxygen atoms in total. The van der Waals surface area contributed by atoms with Gasteiger partial charge in [0.05, 0.1) is 38.8 Å². The number of nitrogens with zero attached hydrogens (tertiary/aromatic N) is 14. The zero-order valence-electron chi connectivity index (χ0n) is 64.4. The van der Waals surface area contributed by atoms with Crippen LogP contribution in [0.4, 0.5) is 0 Å². The van der Waals surface area contributed by atoms with Gasteiger partial charge in [-0.25, -0.2) is 19.9 Å². The standard InChI is InChI=1S/7C10H10N2.7C2H6/c1-7-3-5-12-10-8(2)11-6-4-9(7)10;1-7-5-12-8(2)9-3-4-11-6-10(7)9;1-7-5-12-8(2)10-6-11-4-3-9(7)10;1-7-3-4-8(2)10-9(7)5-11-6-12-10;1-7-3-4-8(2)10-9(7)11-5-6-12-10;1-7-6-12-8(2)9-4-3-5-11-10(7)9;1-7-4-3-5-9-8(2)11-6-12-10(7)9;7*1-2/h7*3-6H,1-2H3;7*1-2H3. The third-order valence-corrected chi connectivity index (χ3v) is 14.4. The van der Waals surface area contributed by atoms with Crippen LogP contribution < -0.4 is 0 Å². The van der Waals surface area contributed by atoms with Crippen molar-refractivity contribution in [1.82, 2.24) is 69.8 Å². The van der Waals surface area contributed by atoms with Crippen LogP contribution in [0.5, 0.6) is 0 Å². The molecule has 14 aromatic rings. The van der Waals surface area contributed by atoms with Crippen molar-refractivity contribution < 1.29 is 0 Å². The molecule has 0 aliphatic carbocycles. The topological polar surface area (TPSA) is 180 Å². The maximum atomic E-state index is 4.30. The molecule has 14 rings (SSSR count). The summed E-state index contributed by atoms with van der Waals surface area (Å²) in [4.78, 5) is 58.9. The molecular formula is C84H112N14. The highest BCUT2D eigenvalue weighted by atomic mass is 14.8. The summed E-state index contributed by atoms with van der Waals surface area (Å²) in [6, 6.07) is 26.5. The minimum atomic E-state index is 0.996. The van der Waals surface area contributed by atoms with Crippen LogP contribution in [0, 0.1) is 96.9 Å². The van der Waals surface area contributed by atoms with Crippen molar-refractivity contribution in [2.24, 2.45) is 0 Å². The monoisotopic (exact) mass is 1320 g/mol. The third-order valence-electron chi connectivity index (χ3n) is 14.4. The van der Waals surface area contributed by atoms with Crippen molar-refractivity contribution in [3.63, 3.8) is 0 Å². The minimum Gasteiger partial charge on any atom is -0.264 e. The van der Waals surface area contributed by atoms with Crippen LogP contribution in [0.3, 0.4) is 0 Å². The third kappa shape index (κ3) is 24.8. The molecule has 14 heteroatoms.